The number of carbonyl (C=O) groups is 2. The Labute approximate surface area is 163 Å². The zero-order valence-corrected chi connectivity index (χ0v) is 16.4. The third-order valence-electron chi connectivity index (χ3n) is 5.42. The van der Waals surface area contributed by atoms with E-state index in [1.165, 1.54) is 0 Å². The molecule has 2 aromatic rings. The van der Waals surface area contributed by atoms with Gasteiger partial charge in [-0.15, -0.1) is 0 Å². The Morgan fingerprint density at radius 1 is 1.14 bits per heavy atom. The summed E-state index contributed by atoms with van der Waals surface area (Å²) < 4.78 is 11.8. The van der Waals surface area contributed by atoms with Gasteiger partial charge >= 0.3 is 12.1 Å². The van der Waals surface area contributed by atoms with Crippen molar-refractivity contribution in [3.05, 3.63) is 30.0 Å². The topological polar surface area (TPSA) is 91.9 Å². The normalized spacial score (nSPS) is 24.4. The summed E-state index contributed by atoms with van der Waals surface area (Å²) in [6.45, 7) is 5.65. The fourth-order valence-corrected chi connectivity index (χ4v) is 4.33. The molecule has 7 nitrogen and oxygen atoms in total. The van der Waals surface area contributed by atoms with Gasteiger partial charge in [0, 0.05) is 35.8 Å². The number of nitrogens with zero attached hydrogens (tertiary/aromatic N) is 1. The van der Waals surface area contributed by atoms with E-state index in [2.05, 4.69) is 4.98 Å². The number of nitrogens with one attached hydrogen (secondary N) is 1. The Kier molecular flexibility index (Phi) is 4.48. The van der Waals surface area contributed by atoms with Gasteiger partial charge in [-0.2, -0.15) is 0 Å². The van der Waals surface area contributed by atoms with Gasteiger partial charge in [-0.05, 0) is 57.9 Å². The Morgan fingerprint density at radius 2 is 1.82 bits per heavy atom. The lowest BCUT2D eigenvalue weighted by molar-refractivity contribution is -0.00707. The van der Waals surface area contributed by atoms with Crippen molar-refractivity contribution in [3.8, 4) is 5.75 Å². The third-order valence-corrected chi connectivity index (χ3v) is 5.42. The molecular weight excluding hydrogens is 360 g/mol. The number of carboxylic acid groups (broad SMARTS) is 1. The standard InChI is InChI=1S/C21H26N2O5/c1-21(2,3)28-20(26)23-13-4-5-14(23)11-16(10-13)27-15-6-7-17-12(8-15)9-18(22-17)19(24)25/h6-9,13-14,16,22H,4-5,10-11H2,1-3H3,(H,24,25)/t13-,14?,16?/m0/s1. The van der Waals surface area contributed by atoms with E-state index in [4.69, 9.17) is 14.6 Å². The second-order valence-corrected chi connectivity index (χ2v) is 8.72. The van der Waals surface area contributed by atoms with Crippen molar-refractivity contribution in [2.24, 2.45) is 0 Å². The predicted octanol–water partition coefficient (Wildman–Crippen LogP) is 4.18. The first-order valence-electron chi connectivity index (χ1n) is 9.73. The molecule has 1 aromatic heterocycles. The van der Waals surface area contributed by atoms with Gasteiger partial charge in [0.05, 0.1) is 0 Å². The summed E-state index contributed by atoms with van der Waals surface area (Å²) in [5.74, 6) is -0.261. The molecule has 3 atom stereocenters. The molecule has 1 amide bonds. The van der Waals surface area contributed by atoms with Gasteiger partial charge in [0.25, 0.3) is 0 Å². The minimum absolute atomic E-state index is 0.0338. The summed E-state index contributed by atoms with van der Waals surface area (Å²) in [5.41, 5.74) is 0.436. The first-order chi connectivity index (χ1) is 13.2. The number of aromatic nitrogens is 1. The van der Waals surface area contributed by atoms with Gasteiger partial charge in [-0.3, -0.25) is 0 Å². The number of carboxylic acids is 1. The zero-order chi connectivity index (χ0) is 20.1. The molecule has 0 aliphatic carbocycles. The highest BCUT2D eigenvalue weighted by Crippen LogP contribution is 2.38. The van der Waals surface area contributed by atoms with Crippen LogP contribution in [0.3, 0.4) is 0 Å². The number of hydrogen-bond donors (Lipinski definition) is 2. The van der Waals surface area contributed by atoms with E-state index in [0.29, 0.717) is 0 Å². The van der Waals surface area contributed by atoms with Crippen LogP contribution in [0.15, 0.2) is 24.3 Å². The van der Waals surface area contributed by atoms with Crippen LogP contribution in [0.25, 0.3) is 10.9 Å². The molecule has 2 aliphatic rings. The van der Waals surface area contributed by atoms with Gasteiger partial charge in [-0.1, -0.05) is 0 Å². The summed E-state index contributed by atoms with van der Waals surface area (Å²) in [5, 5.41) is 9.93. The first-order valence-corrected chi connectivity index (χ1v) is 9.73. The van der Waals surface area contributed by atoms with Crippen molar-refractivity contribution in [1.82, 2.24) is 9.88 Å². The number of H-pyrrole nitrogens is 1. The van der Waals surface area contributed by atoms with Crippen molar-refractivity contribution in [3.63, 3.8) is 0 Å². The predicted molar refractivity (Wildman–Crippen MR) is 104 cm³/mol. The lowest BCUT2D eigenvalue weighted by Crippen LogP contribution is -2.50. The number of hydrogen-bond acceptors (Lipinski definition) is 4. The molecule has 2 saturated heterocycles. The number of carbonyl (C=O) groups excluding carboxylic acids is 1. The summed E-state index contributed by atoms with van der Waals surface area (Å²) in [6, 6.07) is 7.45. The van der Waals surface area contributed by atoms with Crippen LogP contribution in [0.1, 0.15) is 56.9 Å². The van der Waals surface area contributed by atoms with Gasteiger partial charge in [0.15, 0.2) is 0 Å². The van der Waals surface area contributed by atoms with Gasteiger partial charge in [-0.25, -0.2) is 9.59 Å². The lowest BCUT2D eigenvalue weighted by Gasteiger charge is -2.39. The summed E-state index contributed by atoms with van der Waals surface area (Å²) in [7, 11) is 0. The van der Waals surface area contributed by atoms with E-state index in [1.54, 1.807) is 6.07 Å². The SMILES string of the molecule is CC(C)(C)OC(=O)N1C2CC[C@H]1CC(Oc1ccc3[nH]c(C(=O)O)cc3c1)C2. The van der Waals surface area contributed by atoms with E-state index in [1.807, 2.05) is 43.9 Å². The molecule has 2 unspecified atom stereocenters. The van der Waals surface area contributed by atoms with Crippen LogP contribution in [0, 0.1) is 0 Å². The maximum Gasteiger partial charge on any atom is 0.410 e. The molecule has 4 rings (SSSR count). The molecule has 1 aromatic carbocycles. The van der Waals surface area contributed by atoms with Crippen LogP contribution in [0.2, 0.25) is 0 Å². The van der Waals surface area contributed by atoms with Crippen LogP contribution in [0.4, 0.5) is 4.79 Å². The van der Waals surface area contributed by atoms with E-state index < -0.39 is 11.6 Å². The molecule has 0 saturated carbocycles. The molecule has 2 bridgehead atoms. The molecule has 7 heteroatoms. The van der Waals surface area contributed by atoms with Gasteiger partial charge in [0.1, 0.15) is 23.1 Å². The van der Waals surface area contributed by atoms with Gasteiger partial charge < -0.3 is 24.5 Å². The summed E-state index contributed by atoms with van der Waals surface area (Å²) >= 11 is 0. The Morgan fingerprint density at radius 3 is 2.43 bits per heavy atom. The Hall–Kier alpha value is -2.70. The van der Waals surface area contributed by atoms with Gasteiger partial charge in [0.2, 0.25) is 0 Å². The average molecular weight is 386 g/mol. The molecular formula is C21H26N2O5. The summed E-state index contributed by atoms with van der Waals surface area (Å²) in [6.07, 6.45) is 3.31. The molecule has 0 radical (unpaired) electrons. The molecule has 3 heterocycles. The largest absolute Gasteiger partial charge is 0.490 e. The Balaban J connectivity index is 1.44. The van der Waals surface area contributed by atoms with E-state index in [-0.39, 0.29) is 30.0 Å². The number of fused-ring (bicyclic) bond motifs is 3. The molecule has 2 fully saturated rings. The lowest BCUT2D eigenvalue weighted by atomic mass is 10.00. The van der Waals surface area contributed by atoms with Crippen molar-refractivity contribution < 1.29 is 24.2 Å². The zero-order valence-electron chi connectivity index (χ0n) is 16.4. The fourth-order valence-electron chi connectivity index (χ4n) is 4.33. The van der Waals surface area contributed by atoms with Crippen molar-refractivity contribution in [1.29, 1.82) is 0 Å². The molecule has 2 N–H and O–H groups in total. The maximum absolute atomic E-state index is 12.6. The second-order valence-electron chi connectivity index (χ2n) is 8.72. The van der Waals surface area contributed by atoms with Crippen LogP contribution >= 0.6 is 0 Å². The monoisotopic (exact) mass is 386 g/mol. The van der Waals surface area contributed by atoms with Crippen LogP contribution in [0.5, 0.6) is 5.75 Å². The second kappa shape index (κ2) is 6.72. The van der Waals surface area contributed by atoms with E-state index in [9.17, 15) is 9.59 Å². The molecule has 28 heavy (non-hydrogen) atoms. The number of rotatable bonds is 3. The average Bonchev–Trinajstić information content (AvgIpc) is 3.12. The highest BCUT2D eigenvalue weighted by molar-refractivity contribution is 5.94. The first kappa shape index (κ1) is 18.7. The summed E-state index contributed by atoms with van der Waals surface area (Å²) in [4.78, 5) is 28.4. The molecule has 2 aliphatic heterocycles. The van der Waals surface area contributed by atoms with E-state index >= 15 is 0 Å². The van der Waals surface area contributed by atoms with Crippen molar-refractivity contribution in [2.75, 3.05) is 0 Å². The highest BCUT2D eigenvalue weighted by Gasteiger charge is 2.45. The van der Waals surface area contributed by atoms with Crippen LogP contribution < -0.4 is 4.74 Å². The number of aromatic amines is 1. The third kappa shape index (κ3) is 3.66. The maximum atomic E-state index is 12.6. The minimum Gasteiger partial charge on any atom is -0.490 e. The van der Waals surface area contributed by atoms with Crippen molar-refractivity contribution in [2.45, 2.75) is 70.2 Å². The highest BCUT2D eigenvalue weighted by atomic mass is 16.6. The van der Waals surface area contributed by atoms with Crippen LogP contribution in [-0.2, 0) is 4.74 Å². The smallest absolute Gasteiger partial charge is 0.410 e. The number of aromatic carboxylic acids is 1. The van der Waals surface area contributed by atoms with Crippen LogP contribution in [-0.4, -0.2) is 50.8 Å². The minimum atomic E-state index is -0.982. The van der Waals surface area contributed by atoms with Crippen molar-refractivity contribution >= 4 is 23.0 Å². The number of amides is 1. The number of benzene rings is 1. The fraction of sp³-hybridized carbons (Fsp3) is 0.524. The number of ether oxygens (including phenoxy) is 2. The number of piperidine rings is 1. The Bertz CT molecular complexity index is 899. The quantitative estimate of drug-likeness (QED) is 0.826. The van der Waals surface area contributed by atoms with E-state index in [0.717, 1.165) is 42.3 Å². The molecule has 150 valence electrons. The molecule has 0 spiro atoms.